The molecule has 1 saturated heterocycles. The minimum Gasteiger partial charge on any atom is -0.333 e. The lowest BCUT2D eigenvalue weighted by Crippen LogP contribution is -2.52. The summed E-state index contributed by atoms with van der Waals surface area (Å²) in [5.74, 6) is 1.36. The smallest absolute Gasteiger partial charge is 0.268 e. The minimum absolute atomic E-state index is 0.215. The average Bonchev–Trinajstić information content (AvgIpc) is 3.08. The lowest BCUT2D eigenvalue weighted by atomic mass is 10.0. The Balaban J connectivity index is 1.86. The van der Waals surface area contributed by atoms with E-state index in [4.69, 9.17) is 4.52 Å². The molecule has 3 heterocycles. The van der Waals surface area contributed by atoms with Crippen LogP contribution in [-0.4, -0.2) is 41.2 Å². The Hall–Kier alpha value is -0.760. The van der Waals surface area contributed by atoms with Gasteiger partial charge in [0.05, 0.1) is 14.2 Å². The Morgan fingerprint density at radius 3 is 2.71 bits per heavy atom. The van der Waals surface area contributed by atoms with Crippen molar-refractivity contribution in [2.24, 2.45) is 0 Å². The number of thiophene rings is 1. The number of nitrogens with one attached hydrogen (secondary N) is 1. The normalized spacial score (nSPS) is 17.3. The van der Waals surface area contributed by atoms with Gasteiger partial charge in [0.1, 0.15) is 0 Å². The highest BCUT2D eigenvalue weighted by molar-refractivity contribution is 9.11. The number of rotatable bonds is 3. The Morgan fingerprint density at radius 1 is 1.38 bits per heavy atom. The van der Waals surface area contributed by atoms with Crippen molar-refractivity contribution in [2.75, 3.05) is 26.2 Å². The summed E-state index contributed by atoms with van der Waals surface area (Å²) in [4.78, 5) is 8.04. The van der Waals surface area contributed by atoms with Crippen molar-refractivity contribution >= 4 is 27.3 Å². The van der Waals surface area contributed by atoms with Gasteiger partial charge in [-0.2, -0.15) is 4.98 Å². The van der Waals surface area contributed by atoms with Crippen molar-refractivity contribution in [2.45, 2.75) is 26.3 Å². The highest BCUT2D eigenvalue weighted by Crippen LogP contribution is 2.35. The average molecular weight is 371 g/mol. The summed E-state index contributed by atoms with van der Waals surface area (Å²) in [6.07, 6.45) is 0. The van der Waals surface area contributed by atoms with E-state index < -0.39 is 0 Å². The topological polar surface area (TPSA) is 54.2 Å². The Bertz CT molecular complexity index is 611. The second-order valence-corrected chi connectivity index (χ2v) is 8.16. The van der Waals surface area contributed by atoms with Crippen LogP contribution >= 0.6 is 27.3 Å². The van der Waals surface area contributed by atoms with Crippen LogP contribution in [0.3, 0.4) is 0 Å². The summed E-state index contributed by atoms with van der Waals surface area (Å²) in [5, 5.41) is 7.59. The molecule has 0 unspecified atom stereocenters. The number of hydrogen-bond acceptors (Lipinski definition) is 6. The Kier molecular flexibility index (Phi) is 4.18. The van der Waals surface area contributed by atoms with Crippen LogP contribution in [0.15, 0.2) is 14.4 Å². The monoisotopic (exact) mass is 370 g/mol. The van der Waals surface area contributed by atoms with Gasteiger partial charge in [0.2, 0.25) is 0 Å². The quantitative estimate of drug-likeness (QED) is 0.899. The fourth-order valence-electron chi connectivity index (χ4n) is 2.50. The fourth-order valence-corrected chi connectivity index (χ4v) is 3.96. The molecule has 114 valence electrons. The van der Waals surface area contributed by atoms with Gasteiger partial charge < -0.3 is 9.84 Å². The molecule has 1 aliphatic heterocycles. The van der Waals surface area contributed by atoms with Crippen LogP contribution in [-0.2, 0) is 5.54 Å². The van der Waals surface area contributed by atoms with Gasteiger partial charge in [0.15, 0.2) is 5.82 Å². The molecule has 0 spiro atoms. The number of nitrogens with zero attached hydrogens (tertiary/aromatic N) is 3. The van der Waals surface area contributed by atoms with Gasteiger partial charge in [-0.25, -0.2) is 0 Å². The molecule has 0 aliphatic carbocycles. The molecular weight excluding hydrogens is 352 g/mol. The van der Waals surface area contributed by atoms with Crippen LogP contribution in [0, 0.1) is 6.92 Å². The Morgan fingerprint density at radius 2 is 2.10 bits per heavy atom. The van der Waals surface area contributed by atoms with E-state index in [0.29, 0.717) is 5.89 Å². The highest BCUT2D eigenvalue weighted by Gasteiger charge is 2.34. The third kappa shape index (κ3) is 2.92. The summed E-state index contributed by atoms with van der Waals surface area (Å²) in [5.41, 5.74) is 0.976. The molecule has 21 heavy (non-hydrogen) atoms. The van der Waals surface area contributed by atoms with Gasteiger partial charge in [-0.05, 0) is 48.3 Å². The van der Waals surface area contributed by atoms with Gasteiger partial charge >= 0.3 is 0 Å². The molecule has 0 radical (unpaired) electrons. The molecule has 0 saturated carbocycles. The molecule has 1 aliphatic rings. The molecule has 1 N–H and O–H groups in total. The maximum atomic E-state index is 5.48. The predicted octanol–water partition coefficient (Wildman–Crippen LogP) is 3.01. The standard InChI is InChI=1S/C14H19BrN4OS/c1-9-8-10(21-11(9)15)12-17-13(18-20-12)14(2,3)19-6-4-16-5-7-19/h8,16H,4-7H2,1-3H3. The highest BCUT2D eigenvalue weighted by atomic mass is 79.9. The van der Waals surface area contributed by atoms with E-state index in [9.17, 15) is 0 Å². The number of aromatic nitrogens is 2. The molecule has 0 aromatic carbocycles. The van der Waals surface area contributed by atoms with E-state index in [0.717, 1.165) is 40.7 Å². The lowest BCUT2D eigenvalue weighted by molar-refractivity contribution is 0.0925. The van der Waals surface area contributed by atoms with Gasteiger partial charge in [-0.1, -0.05) is 5.16 Å². The van der Waals surface area contributed by atoms with Crippen LogP contribution in [0.5, 0.6) is 0 Å². The third-order valence-electron chi connectivity index (χ3n) is 3.95. The first-order chi connectivity index (χ1) is 9.98. The second kappa shape index (κ2) is 5.79. The van der Waals surface area contributed by atoms with E-state index in [1.54, 1.807) is 11.3 Å². The summed E-state index contributed by atoms with van der Waals surface area (Å²) < 4.78 is 6.59. The molecule has 2 aromatic rings. The van der Waals surface area contributed by atoms with Crippen LogP contribution in [0.1, 0.15) is 25.2 Å². The molecule has 0 atom stereocenters. The van der Waals surface area contributed by atoms with E-state index >= 15 is 0 Å². The van der Waals surface area contributed by atoms with E-state index in [1.165, 1.54) is 5.56 Å². The van der Waals surface area contributed by atoms with Crippen molar-refractivity contribution in [3.05, 3.63) is 21.2 Å². The number of aryl methyl sites for hydroxylation is 1. The predicted molar refractivity (Wildman–Crippen MR) is 87.5 cm³/mol. The Labute approximate surface area is 136 Å². The summed E-state index contributed by atoms with van der Waals surface area (Å²) in [6, 6.07) is 2.07. The summed E-state index contributed by atoms with van der Waals surface area (Å²) in [7, 11) is 0. The molecule has 0 bridgehead atoms. The third-order valence-corrected chi connectivity index (χ3v) is 6.07. The van der Waals surface area contributed by atoms with Crippen molar-refractivity contribution in [1.82, 2.24) is 20.4 Å². The largest absolute Gasteiger partial charge is 0.333 e. The first kappa shape index (κ1) is 15.1. The number of halogens is 1. The minimum atomic E-state index is -0.215. The van der Waals surface area contributed by atoms with Gasteiger partial charge in [0, 0.05) is 26.2 Å². The van der Waals surface area contributed by atoms with Crippen molar-refractivity contribution in [3.63, 3.8) is 0 Å². The zero-order chi connectivity index (χ0) is 15.0. The molecule has 0 amide bonds. The molecular formula is C14H19BrN4OS. The van der Waals surface area contributed by atoms with E-state index in [1.807, 2.05) is 0 Å². The molecule has 2 aromatic heterocycles. The molecule has 5 nitrogen and oxygen atoms in total. The van der Waals surface area contributed by atoms with Gasteiger partial charge in [-0.3, -0.25) is 4.90 Å². The van der Waals surface area contributed by atoms with Crippen LogP contribution in [0.2, 0.25) is 0 Å². The zero-order valence-electron chi connectivity index (χ0n) is 12.4. The second-order valence-electron chi connectivity index (χ2n) is 5.79. The van der Waals surface area contributed by atoms with Crippen LogP contribution in [0.4, 0.5) is 0 Å². The molecule has 1 fully saturated rings. The van der Waals surface area contributed by atoms with Gasteiger partial charge in [0.25, 0.3) is 5.89 Å². The lowest BCUT2D eigenvalue weighted by Gasteiger charge is -2.38. The zero-order valence-corrected chi connectivity index (χ0v) is 14.8. The summed E-state index contributed by atoms with van der Waals surface area (Å²) in [6.45, 7) is 10.4. The maximum Gasteiger partial charge on any atom is 0.268 e. The number of hydrogen-bond donors (Lipinski definition) is 1. The van der Waals surface area contributed by atoms with Crippen LogP contribution < -0.4 is 5.32 Å². The van der Waals surface area contributed by atoms with Crippen LogP contribution in [0.25, 0.3) is 10.8 Å². The van der Waals surface area contributed by atoms with Crippen molar-refractivity contribution in [3.8, 4) is 10.8 Å². The maximum absolute atomic E-state index is 5.48. The fraction of sp³-hybridized carbons (Fsp3) is 0.571. The first-order valence-corrected chi connectivity index (χ1v) is 8.65. The number of piperazine rings is 1. The van der Waals surface area contributed by atoms with Crippen molar-refractivity contribution in [1.29, 1.82) is 0 Å². The first-order valence-electron chi connectivity index (χ1n) is 7.05. The van der Waals surface area contributed by atoms with Gasteiger partial charge in [-0.15, -0.1) is 11.3 Å². The van der Waals surface area contributed by atoms with E-state index in [2.05, 4.69) is 63.1 Å². The SMILES string of the molecule is Cc1cc(-c2nc(C(C)(C)N3CCNCC3)no2)sc1Br. The van der Waals surface area contributed by atoms with Crippen molar-refractivity contribution < 1.29 is 4.52 Å². The van der Waals surface area contributed by atoms with E-state index in [-0.39, 0.29) is 5.54 Å². The molecule has 3 rings (SSSR count). The summed E-state index contributed by atoms with van der Waals surface area (Å²) >= 11 is 5.16. The molecule has 7 heteroatoms.